The summed E-state index contributed by atoms with van der Waals surface area (Å²) in [6, 6.07) is 5.92. The Morgan fingerprint density at radius 3 is 2.27 bits per heavy atom. The van der Waals surface area contributed by atoms with Crippen LogP contribution in [-0.4, -0.2) is 25.3 Å². The van der Waals surface area contributed by atoms with Crippen LogP contribution in [0.3, 0.4) is 0 Å². The van der Waals surface area contributed by atoms with E-state index in [-0.39, 0.29) is 11.3 Å². The second-order valence-corrected chi connectivity index (χ2v) is 8.70. The van der Waals surface area contributed by atoms with Crippen LogP contribution in [0.2, 0.25) is 0 Å². The van der Waals surface area contributed by atoms with Crippen molar-refractivity contribution in [2.45, 2.75) is 57.7 Å². The lowest BCUT2D eigenvalue weighted by molar-refractivity contribution is -0.119. The van der Waals surface area contributed by atoms with E-state index < -0.39 is 21.5 Å². The number of aryl methyl sites for hydroxylation is 2. The molecule has 4 nitrogen and oxygen atoms in total. The van der Waals surface area contributed by atoms with Crippen LogP contribution in [0.25, 0.3) is 0 Å². The van der Waals surface area contributed by atoms with Gasteiger partial charge in [-0.2, -0.15) is 0 Å². The first-order valence-electron chi connectivity index (χ1n) is 7.87. The first kappa shape index (κ1) is 17.0. The van der Waals surface area contributed by atoms with Crippen molar-refractivity contribution in [1.29, 1.82) is 0 Å². The van der Waals surface area contributed by atoms with Gasteiger partial charge in [-0.1, -0.05) is 42.2 Å². The third-order valence-electron chi connectivity index (χ3n) is 4.26. The molecule has 1 atom stereocenters. The van der Waals surface area contributed by atoms with Crippen molar-refractivity contribution in [3.63, 3.8) is 0 Å². The quantitative estimate of drug-likeness (QED) is 0.906. The molecule has 1 saturated carbocycles. The summed E-state index contributed by atoms with van der Waals surface area (Å²) in [7, 11) is -3.32. The number of nitrogens with one attached hydrogen (secondary N) is 1. The lowest BCUT2D eigenvalue weighted by Crippen LogP contribution is -2.35. The van der Waals surface area contributed by atoms with Crippen molar-refractivity contribution in [1.82, 2.24) is 5.32 Å². The molecule has 0 heterocycles. The Kier molecular flexibility index (Phi) is 5.27. The van der Waals surface area contributed by atoms with Crippen LogP contribution in [0, 0.1) is 13.8 Å². The highest BCUT2D eigenvalue weighted by molar-refractivity contribution is 7.92. The zero-order chi connectivity index (χ0) is 16.3. The fourth-order valence-electron chi connectivity index (χ4n) is 3.17. The van der Waals surface area contributed by atoms with Crippen molar-refractivity contribution in [2.75, 3.05) is 5.75 Å². The SMILES string of the molecule is Cc1cc(C)cc([C@@H](C)NC(=O)CS(=O)(=O)C2CCCC2)c1. The van der Waals surface area contributed by atoms with E-state index in [2.05, 4.69) is 11.4 Å². The molecule has 0 aliphatic heterocycles. The summed E-state index contributed by atoms with van der Waals surface area (Å²) < 4.78 is 24.4. The highest BCUT2D eigenvalue weighted by Gasteiger charge is 2.30. The number of carbonyl (C=O) groups excluding carboxylic acids is 1. The van der Waals surface area contributed by atoms with E-state index >= 15 is 0 Å². The molecule has 1 amide bonds. The number of benzene rings is 1. The zero-order valence-electron chi connectivity index (χ0n) is 13.6. The van der Waals surface area contributed by atoms with Crippen LogP contribution >= 0.6 is 0 Å². The minimum absolute atomic E-state index is 0.190. The van der Waals surface area contributed by atoms with E-state index in [0.717, 1.165) is 29.5 Å². The molecule has 1 fully saturated rings. The Labute approximate surface area is 133 Å². The third-order valence-corrected chi connectivity index (χ3v) is 6.42. The minimum atomic E-state index is -3.32. The van der Waals surface area contributed by atoms with Gasteiger partial charge >= 0.3 is 0 Å². The maximum atomic E-state index is 12.2. The molecular weight excluding hydrogens is 298 g/mol. The van der Waals surface area contributed by atoms with Crippen LogP contribution in [0.15, 0.2) is 18.2 Å². The van der Waals surface area contributed by atoms with Gasteiger partial charge in [0, 0.05) is 0 Å². The Bertz CT molecular complexity index is 626. The van der Waals surface area contributed by atoms with Crippen molar-refractivity contribution in [3.8, 4) is 0 Å². The van der Waals surface area contributed by atoms with Crippen LogP contribution in [0.1, 0.15) is 55.3 Å². The molecule has 2 rings (SSSR count). The molecule has 1 aliphatic rings. The van der Waals surface area contributed by atoms with E-state index in [1.807, 2.05) is 32.9 Å². The van der Waals surface area contributed by atoms with Gasteiger partial charge < -0.3 is 5.32 Å². The molecule has 1 aromatic rings. The fraction of sp³-hybridized carbons (Fsp3) is 0.588. The lowest BCUT2D eigenvalue weighted by Gasteiger charge is -2.17. The number of carbonyl (C=O) groups is 1. The van der Waals surface area contributed by atoms with Gasteiger partial charge in [-0.3, -0.25) is 4.79 Å². The van der Waals surface area contributed by atoms with Gasteiger partial charge in [0.2, 0.25) is 5.91 Å². The molecular formula is C17H25NO3S. The molecule has 0 radical (unpaired) electrons. The summed E-state index contributed by atoms with van der Waals surface area (Å²) >= 11 is 0. The van der Waals surface area contributed by atoms with Gasteiger partial charge in [0.05, 0.1) is 11.3 Å². The van der Waals surface area contributed by atoms with Gasteiger partial charge in [0.25, 0.3) is 0 Å². The largest absolute Gasteiger partial charge is 0.349 e. The van der Waals surface area contributed by atoms with Crippen molar-refractivity contribution < 1.29 is 13.2 Å². The average Bonchev–Trinajstić information content (AvgIpc) is 2.91. The zero-order valence-corrected chi connectivity index (χ0v) is 14.4. The van der Waals surface area contributed by atoms with Crippen molar-refractivity contribution in [2.24, 2.45) is 0 Å². The predicted molar refractivity (Wildman–Crippen MR) is 88.5 cm³/mol. The van der Waals surface area contributed by atoms with E-state index in [1.54, 1.807) is 0 Å². The average molecular weight is 323 g/mol. The smallest absolute Gasteiger partial charge is 0.235 e. The van der Waals surface area contributed by atoms with Gasteiger partial charge in [-0.15, -0.1) is 0 Å². The molecule has 1 aliphatic carbocycles. The Balaban J connectivity index is 1.99. The van der Waals surface area contributed by atoms with Crippen molar-refractivity contribution in [3.05, 3.63) is 34.9 Å². The molecule has 5 heteroatoms. The number of hydrogen-bond acceptors (Lipinski definition) is 3. The van der Waals surface area contributed by atoms with E-state index in [4.69, 9.17) is 0 Å². The van der Waals surface area contributed by atoms with E-state index in [0.29, 0.717) is 12.8 Å². The van der Waals surface area contributed by atoms with E-state index in [1.165, 1.54) is 0 Å². The fourth-order valence-corrected chi connectivity index (χ4v) is 4.91. The van der Waals surface area contributed by atoms with E-state index in [9.17, 15) is 13.2 Å². The molecule has 22 heavy (non-hydrogen) atoms. The number of amides is 1. The molecule has 0 unspecified atom stereocenters. The minimum Gasteiger partial charge on any atom is -0.349 e. The topological polar surface area (TPSA) is 63.2 Å². The molecule has 0 spiro atoms. The number of rotatable bonds is 5. The van der Waals surface area contributed by atoms with Crippen LogP contribution in [-0.2, 0) is 14.6 Å². The lowest BCUT2D eigenvalue weighted by atomic mass is 10.0. The summed E-state index contributed by atoms with van der Waals surface area (Å²) in [5, 5.41) is 2.49. The summed E-state index contributed by atoms with van der Waals surface area (Å²) in [5.74, 6) is -0.800. The highest BCUT2D eigenvalue weighted by Crippen LogP contribution is 2.25. The molecule has 0 bridgehead atoms. The molecule has 1 N–H and O–H groups in total. The first-order valence-corrected chi connectivity index (χ1v) is 9.58. The number of sulfone groups is 1. The summed E-state index contributed by atoms with van der Waals surface area (Å²) in [6.45, 7) is 5.90. The third kappa shape index (κ3) is 4.32. The summed E-state index contributed by atoms with van der Waals surface area (Å²) in [6.07, 6.45) is 3.29. The molecule has 0 aromatic heterocycles. The standard InChI is InChI=1S/C17H25NO3S/c1-12-8-13(2)10-15(9-12)14(3)18-17(19)11-22(20,21)16-6-4-5-7-16/h8-10,14,16H,4-7,11H2,1-3H3,(H,18,19)/t14-/m1/s1. The van der Waals surface area contributed by atoms with Crippen molar-refractivity contribution >= 4 is 15.7 Å². The summed E-state index contributed by atoms with van der Waals surface area (Å²) in [4.78, 5) is 12.1. The predicted octanol–water partition coefficient (Wildman–Crippen LogP) is 2.84. The maximum Gasteiger partial charge on any atom is 0.235 e. The van der Waals surface area contributed by atoms with Crippen LogP contribution in [0.4, 0.5) is 0 Å². The Morgan fingerprint density at radius 2 is 1.73 bits per heavy atom. The highest BCUT2D eigenvalue weighted by atomic mass is 32.2. The second kappa shape index (κ2) is 6.82. The van der Waals surface area contributed by atoms with Gasteiger partial charge in [0.15, 0.2) is 9.84 Å². The van der Waals surface area contributed by atoms with Crippen LogP contribution in [0.5, 0.6) is 0 Å². The van der Waals surface area contributed by atoms with Gasteiger partial charge in [-0.25, -0.2) is 8.42 Å². The molecule has 1 aromatic carbocycles. The normalized spacial score (nSPS) is 17.4. The monoisotopic (exact) mass is 323 g/mol. The first-order chi connectivity index (χ1) is 10.3. The van der Waals surface area contributed by atoms with Gasteiger partial charge in [0.1, 0.15) is 5.75 Å². The Hall–Kier alpha value is -1.36. The van der Waals surface area contributed by atoms with Crippen LogP contribution < -0.4 is 5.32 Å². The summed E-state index contributed by atoms with van der Waals surface area (Å²) in [5.41, 5.74) is 3.27. The molecule has 0 saturated heterocycles. The molecule has 122 valence electrons. The number of hydrogen-bond donors (Lipinski definition) is 1. The second-order valence-electron chi connectivity index (χ2n) is 6.42. The Morgan fingerprint density at radius 1 is 1.18 bits per heavy atom. The van der Waals surface area contributed by atoms with Gasteiger partial charge in [-0.05, 0) is 39.2 Å². The maximum absolute atomic E-state index is 12.2.